The van der Waals surface area contributed by atoms with Gasteiger partial charge in [0.2, 0.25) is 5.88 Å². The molecular weight excluding hydrogens is 298 g/mol. The molecule has 1 aliphatic carbocycles. The van der Waals surface area contributed by atoms with Crippen LogP contribution in [-0.4, -0.2) is 0 Å². The minimum absolute atomic E-state index is 0.769. The second-order valence-corrected chi connectivity index (χ2v) is 6.56. The Hall–Kier alpha value is -2.68. The normalized spacial score (nSPS) is 15.3. The van der Waals surface area contributed by atoms with Crippen LogP contribution in [0.25, 0.3) is 0 Å². The number of ether oxygens (including phenoxy) is 1. The number of furan rings is 1. The molecule has 1 aliphatic heterocycles. The average molecular weight is 317 g/mol. The van der Waals surface area contributed by atoms with Crippen molar-refractivity contribution in [2.45, 2.75) is 32.6 Å². The van der Waals surface area contributed by atoms with E-state index in [1.165, 1.54) is 41.6 Å². The zero-order chi connectivity index (χ0) is 16.1. The summed E-state index contributed by atoms with van der Waals surface area (Å²) in [5, 5.41) is 0. The summed E-state index contributed by atoms with van der Waals surface area (Å²) in [6.45, 7) is 2.22. The summed E-state index contributed by atoms with van der Waals surface area (Å²) in [6, 6.07) is 14.5. The molecule has 0 fully saturated rings. The molecule has 24 heavy (non-hydrogen) atoms. The van der Waals surface area contributed by atoms with E-state index in [-0.39, 0.29) is 0 Å². The van der Waals surface area contributed by atoms with E-state index < -0.39 is 0 Å². The van der Waals surface area contributed by atoms with Crippen LogP contribution in [-0.2, 0) is 12.8 Å². The summed E-state index contributed by atoms with van der Waals surface area (Å²) >= 11 is 0. The summed E-state index contributed by atoms with van der Waals surface area (Å²) in [5.41, 5.74) is 6.63. The van der Waals surface area contributed by atoms with Crippen LogP contribution in [0.4, 0.5) is 17.3 Å². The van der Waals surface area contributed by atoms with Gasteiger partial charge in [-0.1, -0.05) is 18.2 Å². The maximum absolute atomic E-state index is 6.00. The van der Waals surface area contributed by atoms with Gasteiger partial charge < -0.3 is 9.15 Å². The summed E-state index contributed by atoms with van der Waals surface area (Å²) in [4.78, 5) is 2.22. The Morgan fingerprint density at radius 3 is 2.58 bits per heavy atom. The van der Waals surface area contributed by atoms with Gasteiger partial charge in [0.25, 0.3) is 0 Å². The number of nitrogens with zero attached hydrogens (tertiary/aromatic N) is 1. The summed E-state index contributed by atoms with van der Waals surface area (Å²) < 4.78 is 11.8. The predicted molar refractivity (Wildman–Crippen MR) is 94.8 cm³/mol. The van der Waals surface area contributed by atoms with Gasteiger partial charge in [-0.2, -0.15) is 0 Å². The summed E-state index contributed by atoms with van der Waals surface area (Å²) in [6.07, 6.45) is 6.53. The fourth-order valence-corrected chi connectivity index (χ4v) is 3.96. The lowest BCUT2D eigenvalue weighted by Gasteiger charge is -2.32. The highest BCUT2D eigenvalue weighted by Gasteiger charge is 2.31. The lowest BCUT2D eigenvalue weighted by molar-refractivity contribution is 0.458. The second kappa shape index (κ2) is 5.17. The molecule has 0 saturated carbocycles. The van der Waals surface area contributed by atoms with Crippen LogP contribution in [0.15, 0.2) is 53.1 Å². The molecule has 1 aromatic heterocycles. The predicted octanol–water partition coefficient (Wildman–Crippen LogP) is 6.04. The van der Waals surface area contributed by atoms with Crippen LogP contribution in [0.2, 0.25) is 0 Å². The quantitative estimate of drug-likeness (QED) is 0.428. The van der Waals surface area contributed by atoms with Crippen LogP contribution in [0, 0.1) is 6.92 Å². The Kier molecular flexibility index (Phi) is 2.96. The first-order chi connectivity index (χ1) is 11.8. The third kappa shape index (κ3) is 1.91. The number of anilines is 3. The van der Waals surface area contributed by atoms with Crippen molar-refractivity contribution in [3.63, 3.8) is 0 Å². The van der Waals surface area contributed by atoms with Gasteiger partial charge in [-0.15, -0.1) is 0 Å². The molecule has 120 valence electrons. The first-order valence-electron chi connectivity index (χ1n) is 8.59. The minimum atomic E-state index is 0.769. The zero-order valence-corrected chi connectivity index (χ0v) is 13.7. The third-order valence-corrected chi connectivity index (χ3v) is 5.12. The zero-order valence-electron chi connectivity index (χ0n) is 13.7. The molecule has 3 heteroatoms. The molecule has 0 bridgehead atoms. The molecule has 0 amide bonds. The van der Waals surface area contributed by atoms with E-state index in [9.17, 15) is 0 Å². The van der Waals surface area contributed by atoms with E-state index in [4.69, 9.17) is 9.15 Å². The lowest BCUT2D eigenvalue weighted by atomic mass is 9.87. The minimum Gasteiger partial charge on any atom is -0.449 e. The maximum Gasteiger partial charge on any atom is 0.248 e. The lowest BCUT2D eigenvalue weighted by Crippen LogP contribution is -2.18. The first kappa shape index (κ1) is 13.7. The number of rotatable bonds is 1. The maximum atomic E-state index is 6.00. The second-order valence-electron chi connectivity index (χ2n) is 6.56. The van der Waals surface area contributed by atoms with E-state index in [0.717, 1.165) is 29.5 Å². The van der Waals surface area contributed by atoms with E-state index in [1.807, 2.05) is 24.3 Å². The number of hydrogen-bond donors (Lipinski definition) is 0. The molecule has 2 aromatic carbocycles. The SMILES string of the molecule is Cc1ccc(N2c3ccccc3Oc3ccoc32)c2c1CCCC2. The molecule has 2 heterocycles. The smallest absolute Gasteiger partial charge is 0.248 e. The van der Waals surface area contributed by atoms with Crippen LogP contribution < -0.4 is 9.64 Å². The monoisotopic (exact) mass is 317 g/mol. The topological polar surface area (TPSA) is 25.6 Å². The molecule has 0 N–H and O–H groups in total. The van der Waals surface area contributed by atoms with E-state index in [2.05, 4.69) is 30.0 Å². The summed E-state index contributed by atoms with van der Waals surface area (Å²) in [5.74, 6) is 2.42. The standard InChI is InChI=1S/C21H19NO2/c1-14-10-11-17(16-7-3-2-6-15(14)16)22-18-8-4-5-9-19(18)24-20-12-13-23-21(20)22/h4-5,8-13H,2-3,6-7H2,1H3. The van der Waals surface area contributed by atoms with Crippen molar-refractivity contribution in [1.82, 2.24) is 0 Å². The van der Waals surface area contributed by atoms with Crippen LogP contribution >= 0.6 is 0 Å². The third-order valence-electron chi connectivity index (χ3n) is 5.12. The highest BCUT2D eigenvalue weighted by atomic mass is 16.5. The largest absolute Gasteiger partial charge is 0.449 e. The van der Waals surface area contributed by atoms with E-state index in [1.54, 1.807) is 6.26 Å². The van der Waals surface area contributed by atoms with Gasteiger partial charge >= 0.3 is 0 Å². The first-order valence-corrected chi connectivity index (χ1v) is 8.59. The number of aryl methyl sites for hydroxylation is 1. The van der Waals surface area contributed by atoms with Crippen molar-refractivity contribution in [2.24, 2.45) is 0 Å². The molecular formula is C21H19NO2. The van der Waals surface area contributed by atoms with Crippen molar-refractivity contribution >= 4 is 17.3 Å². The van der Waals surface area contributed by atoms with Crippen LogP contribution in [0.5, 0.6) is 11.5 Å². The molecule has 3 aromatic rings. The van der Waals surface area contributed by atoms with Crippen molar-refractivity contribution in [2.75, 3.05) is 4.90 Å². The fraction of sp³-hybridized carbons (Fsp3) is 0.238. The fourth-order valence-electron chi connectivity index (χ4n) is 3.96. The molecule has 0 radical (unpaired) electrons. The number of hydrogen-bond acceptors (Lipinski definition) is 3. The number of para-hydroxylation sites is 2. The highest BCUT2D eigenvalue weighted by molar-refractivity contribution is 5.85. The van der Waals surface area contributed by atoms with Crippen LogP contribution in [0.3, 0.4) is 0 Å². The van der Waals surface area contributed by atoms with Gasteiger partial charge in [-0.05, 0) is 67.5 Å². The molecule has 5 rings (SSSR count). The molecule has 0 unspecified atom stereocenters. The molecule has 2 aliphatic rings. The average Bonchev–Trinajstić information content (AvgIpc) is 3.09. The Bertz CT molecular complexity index is 925. The highest BCUT2D eigenvalue weighted by Crippen LogP contribution is 2.52. The Morgan fingerprint density at radius 2 is 1.67 bits per heavy atom. The van der Waals surface area contributed by atoms with Gasteiger partial charge in [0, 0.05) is 6.07 Å². The van der Waals surface area contributed by atoms with Crippen molar-refractivity contribution in [3.8, 4) is 11.5 Å². The van der Waals surface area contributed by atoms with E-state index >= 15 is 0 Å². The summed E-state index contributed by atoms with van der Waals surface area (Å²) in [7, 11) is 0. The Morgan fingerprint density at radius 1 is 0.833 bits per heavy atom. The van der Waals surface area contributed by atoms with Gasteiger partial charge in [0.1, 0.15) is 0 Å². The van der Waals surface area contributed by atoms with Crippen molar-refractivity contribution in [3.05, 3.63) is 65.4 Å². The Labute approximate surface area is 141 Å². The number of fused-ring (bicyclic) bond motifs is 3. The molecule has 0 atom stereocenters. The van der Waals surface area contributed by atoms with Crippen molar-refractivity contribution < 1.29 is 9.15 Å². The van der Waals surface area contributed by atoms with Gasteiger partial charge in [0.15, 0.2) is 11.5 Å². The van der Waals surface area contributed by atoms with Gasteiger partial charge in [-0.25, -0.2) is 0 Å². The van der Waals surface area contributed by atoms with Gasteiger partial charge in [0.05, 0.1) is 17.6 Å². The molecule has 0 saturated heterocycles. The number of benzene rings is 2. The van der Waals surface area contributed by atoms with E-state index in [0.29, 0.717) is 0 Å². The molecule has 0 spiro atoms. The van der Waals surface area contributed by atoms with Crippen LogP contribution in [0.1, 0.15) is 29.5 Å². The molecule has 3 nitrogen and oxygen atoms in total. The van der Waals surface area contributed by atoms with Crippen molar-refractivity contribution in [1.29, 1.82) is 0 Å². The van der Waals surface area contributed by atoms with Gasteiger partial charge in [-0.3, -0.25) is 4.90 Å². The Balaban J connectivity index is 1.77.